The summed E-state index contributed by atoms with van der Waals surface area (Å²) in [5, 5.41) is 1.12. The maximum absolute atomic E-state index is 12.5. The number of benzene rings is 1. The molecule has 0 spiro atoms. The molecule has 1 aromatic carbocycles. The van der Waals surface area contributed by atoms with E-state index in [-0.39, 0.29) is 5.97 Å². The van der Waals surface area contributed by atoms with Crippen LogP contribution in [0.5, 0.6) is 0 Å². The van der Waals surface area contributed by atoms with E-state index in [2.05, 4.69) is 35.9 Å². The Morgan fingerprint density at radius 3 is 2.68 bits per heavy atom. The van der Waals surface area contributed by atoms with Crippen LogP contribution < -0.4 is 4.90 Å². The summed E-state index contributed by atoms with van der Waals surface area (Å²) >= 11 is 0. The lowest BCUT2D eigenvalue weighted by molar-refractivity contribution is 0.0493. The van der Waals surface area contributed by atoms with Gasteiger partial charge in [-0.25, -0.2) is 9.78 Å². The third-order valence-electron chi connectivity index (χ3n) is 4.64. The van der Waals surface area contributed by atoms with E-state index in [0.717, 1.165) is 48.1 Å². The first-order chi connectivity index (χ1) is 12.1. The second kappa shape index (κ2) is 7.83. The summed E-state index contributed by atoms with van der Waals surface area (Å²) in [6.07, 6.45) is 1.86. The van der Waals surface area contributed by atoms with Crippen molar-refractivity contribution in [1.29, 1.82) is 0 Å². The van der Waals surface area contributed by atoms with Crippen LogP contribution in [0.3, 0.4) is 0 Å². The van der Waals surface area contributed by atoms with Gasteiger partial charge in [0.25, 0.3) is 0 Å². The molecular formula is C20H26N2O3. The summed E-state index contributed by atoms with van der Waals surface area (Å²) in [6, 6.07) is 6.05. The van der Waals surface area contributed by atoms with Gasteiger partial charge in [-0.1, -0.05) is 25.5 Å². The van der Waals surface area contributed by atoms with Gasteiger partial charge in [0.05, 0.1) is 25.3 Å². The molecule has 0 N–H and O–H groups in total. The Labute approximate surface area is 148 Å². The first kappa shape index (κ1) is 17.7. The van der Waals surface area contributed by atoms with Crippen molar-refractivity contribution in [2.45, 2.75) is 33.6 Å². The number of aromatic nitrogens is 1. The molecule has 0 atom stereocenters. The third kappa shape index (κ3) is 3.76. The normalized spacial score (nSPS) is 14.8. The molecule has 0 saturated carbocycles. The maximum atomic E-state index is 12.5. The van der Waals surface area contributed by atoms with Gasteiger partial charge in [-0.15, -0.1) is 0 Å². The number of ether oxygens (including phenoxy) is 2. The smallest absolute Gasteiger partial charge is 0.357 e. The molecule has 25 heavy (non-hydrogen) atoms. The highest BCUT2D eigenvalue weighted by molar-refractivity contribution is 6.00. The molecule has 0 unspecified atom stereocenters. The van der Waals surface area contributed by atoms with Gasteiger partial charge in [0, 0.05) is 24.2 Å². The van der Waals surface area contributed by atoms with Crippen molar-refractivity contribution in [3.8, 4) is 0 Å². The summed E-state index contributed by atoms with van der Waals surface area (Å²) < 4.78 is 10.9. The summed E-state index contributed by atoms with van der Waals surface area (Å²) in [7, 11) is 0. The van der Waals surface area contributed by atoms with E-state index in [9.17, 15) is 4.79 Å². The molecule has 0 radical (unpaired) electrons. The number of fused-ring (bicyclic) bond motifs is 1. The Balaban J connectivity index is 2.07. The fraction of sp³-hybridized carbons (Fsp3) is 0.500. The van der Waals surface area contributed by atoms with Crippen LogP contribution in [0, 0.1) is 13.8 Å². The van der Waals surface area contributed by atoms with E-state index < -0.39 is 0 Å². The van der Waals surface area contributed by atoms with Crippen molar-refractivity contribution >= 4 is 22.6 Å². The topological polar surface area (TPSA) is 51.7 Å². The minimum absolute atomic E-state index is 0.342. The van der Waals surface area contributed by atoms with Crippen LogP contribution in [0.2, 0.25) is 0 Å². The highest BCUT2D eigenvalue weighted by Crippen LogP contribution is 2.32. The van der Waals surface area contributed by atoms with E-state index in [1.807, 2.05) is 13.0 Å². The van der Waals surface area contributed by atoms with Crippen LogP contribution in [0.4, 0.5) is 5.69 Å². The van der Waals surface area contributed by atoms with E-state index in [0.29, 0.717) is 25.5 Å². The Morgan fingerprint density at radius 2 is 1.96 bits per heavy atom. The molecule has 5 heteroatoms. The molecule has 2 heterocycles. The van der Waals surface area contributed by atoms with Crippen LogP contribution in [-0.2, 0) is 9.47 Å². The first-order valence-corrected chi connectivity index (χ1v) is 9.02. The number of aryl methyl sites for hydroxylation is 2. The van der Waals surface area contributed by atoms with Crippen molar-refractivity contribution in [3.63, 3.8) is 0 Å². The highest BCUT2D eigenvalue weighted by atomic mass is 16.5. The second-order valence-corrected chi connectivity index (χ2v) is 6.54. The van der Waals surface area contributed by atoms with Crippen molar-refractivity contribution in [2.24, 2.45) is 0 Å². The van der Waals surface area contributed by atoms with Gasteiger partial charge in [0.15, 0.2) is 5.69 Å². The minimum atomic E-state index is -0.342. The van der Waals surface area contributed by atoms with Crippen molar-refractivity contribution in [1.82, 2.24) is 4.98 Å². The number of morpholine rings is 1. The van der Waals surface area contributed by atoms with Gasteiger partial charge >= 0.3 is 5.97 Å². The molecule has 0 bridgehead atoms. The lowest BCUT2D eigenvalue weighted by Crippen LogP contribution is -2.36. The Hall–Kier alpha value is -2.14. The SMILES string of the molecule is CCCCOC(=O)c1cc(N2CCOCC2)c2c(C)ccc(C)c2n1. The Morgan fingerprint density at radius 1 is 1.24 bits per heavy atom. The summed E-state index contributed by atoms with van der Waals surface area (Å²) in [4.78, 5) is 19.4. The number of carbonyl (C=O) groups excluding carboxylic acids is 1. The molecule has 2 aromatic rings. The zero-order chi connectivity index (χ0) is 17.8. The van der Waals surface area contributed by atoms with Crippen molar-refractivity contribution in [2.75, 3.05) is 37.8 Å². The second-order valence-electron chi connectivity index (χ2n) is 6.54. The van der Waals surface area contributed by atoms with Gasteiger partial charge in [0.1, 0.15) is 0 Å². The standard InChI is InChI=1S/C20H26N2O3/c1-4-5-10-25-20(23)16-13-17(22-8-11-24-12-9-22)18-14(2)6-7-15(3)19(18)21-16/h6-7,13H,4-5,8-12H2,1-3H3. The van der Waals surface area contributed by atoms with Crippen LogP contribution in [-0.4, -0.2) is 43.9 Å². The summed E-state index contributed by atoms with van der Waals surface area (Å²) in [5.74, 6) is -0.342. The number of carbonyl (C=O) groups is 1. The minimum Gasteiger partial charge on any atom is -0.461 e. The predicted molar refractivity (Wildman–Crippen MR) is 99.4 cm³/mol. The van der Waals surface area contributed by atoms with Crippen molar-refractivity contribution < 1.29 is 14.3 Å². The number of pyridine rings is 1. The number of hydrogen-bond donors (Lipinski definition) is 0. The fourth-order valence-electron chi connectivity index (χ4n) is 3.16. The summed E-state index contributed by atoms with van der Waals surface area (Å²) in [5.41, 5.74) is 4.56. The van der Waals surface area contributed by atoms with E-state index in [1.165, 1.54) is 5.56 Å². The molecule has 0 aliphatic carbocycles. The molecule has 0 amide bonds. The van der Waals surface area contributed by atoms with E-state index in [4.69, 9.17) is 9.47 Å². The van der Waals surface area contributed by atoms with Crippen LogP contribution in [0.25, 0.3) is 10.9 Å². The number of nitrogens with zero attached hydrogens (tertiary/aromatic N) is 2. The number of rotatable bonds is 5. The molecule has 5 nitrogen and oxygen atoms in total. The fourth-order valence-corrected chi connectivity index (χ4v) is 3.16. The summed E-state index contributed by atoms with van der Waals surface area (Å²) in [6.45, 7) is 9.67. The lowest BCUT2D eigenvalue weighted by Gasteiger charge is -2.30. The largest absolute Gasteiger partial charge is 0.461 e. The number of unbranched alkanes of at least 4 members (excludes halogenated alkanes) is 1. The molecule has 1 aliphatic rings. The van der Waals surface area contributed by atoms with E-state index >= 15 is 0 Å². The van der Waals surface area contributed by atoms with Crippen LogP contribution in [0.1, 0.15) is 41.4 Å². The highest BCUT2D eigenvalue weighted by Gasteiger charge is 2.20. The molecule has 1 aliphatic heterocycles. The molecule has 1 aromatic heterocycles. The molecule has 1 fully saturated rings. The van der Waals surface area contributed by atoms with Gasteiger partial charge in [0.2, 0.25) is 0 Å². The number of anilines is 1. The number of esters is 1. The van der Waals surface area contributed by atoms with Gasteiger partial charge < -0.3 is 14.4 Å². The molecule has 134 valence electrons. The predicted octanol–water partition coefficient (Wildman–Crippen LogP) is 3.65. The first-order valence-electron chi connectivity index (χ1n) is 9.02. The zero-order valence-corrected chi connectivity index (χ0v) is 15.3. The lowest BCUT2D eigenvalue weighted by atomic mass is 10.0. The maximum Gasteiger partial charge on any atom is 0.357 e. The molecule has 3 rings (SSSR count). The van der Waals surface area contributed by atoms with Gasteiger partial charge in [-0.2, -0.15) is 0 Å². The Kier molecular flexibility index (Phi) is 5.53. The monoisotopic (exact) mass is 342 g/mol. The zero-order valence-electron chi connectivity index (χ0n) is 15.3. The van der Waals surface area contributed by atoms with Crippen molar-refractivity contribution in [3.05, 3.63) is 35.0 Å². The quantitative estimate of drug-likeness (QED) is 0.613. The molecule has 1 saturated heterocycles. The van der Waals surface area contributed by atoms with Gasteiger partial charge in [-0.3, -0.25) is 0 Å². The van der Waals surface area contributed by atoms with E-state index in [1.54, 1.807) is 0 Å². The third-order valence-corrected chi connectivity index (χ3v) is 4.64. The number of hydrogen-bond acceptors (Lipinski definition) is 5. The van der Waals surface area contributed by atoms with Gasteiger partial charge in [-0.05, 0) is 37.5 Å². The molecular weight excluding hydrogens is 316 g/mol. The van der Waals surface area contributed by atoms with Crippen LogP contribution >= 0.6 is 0 Å². The Bertz CT molecular complexity index is 767. The average molecular weight is 342 g/mol. The van der Waals surface area contributed by atoms with Crippen LogP contribution in [0.15, 0.2) is 18.2 Å². The average Bonchev–Trinajstić information content (AvgIpc) is 2.65.